The summed E-state index contributed by atoms with van der Waals surface area (Å²) in [5.74, 6) is 0. The maximum atomic E-state index is 10.2. The maximum absolute atomic E-state index is 10.2. The number of fused-ring (bicyclic) bond motifs is 1. The van der Waals surface area contributed by atoms with Gasteiger partial charge in [0.25, 0.3) is 0 Å². The van der Waals surface area contributed by atoms with E-state index >= 15 is 0 Å². The molecular formula is C15H23NO2. The Morgan fingerprint density at radius 2 is 1.89 bits per heavy atom. The van der Waals surface area contributed by atoms with E-state index in [0.717, 1.165) is 44.1 Å². The lowest BCUT2D eigenvalue weighted by Gasteiger charge is -2.33. The number of nitrogens with zero attached hydrogens (tertiary/aromatic N) is 1. The van der Waals surface area contributed by atoms with E-state index in [4.69, 9.17) is 0 Å². The summed E-state index contributed by atoms with van der Waals surface area (Å²) in [6.45, 7) is 2.10. The molecule has 0 bridgehead atoms. The maximum Gasteiger partial charge on any atom is 0.0807 e. The summed E-state index contributed by atoms with van der Waals surface area (Å²) in [6, 6.07) is 2.35. The molecule has 3 heteroatoms. The molecular weight excluding hydrogens is 226 g/mol. The summed E-state index contributed by atoms with van der Waals surface area (Å²) in [5.41, 5.74) is 3.58. The zero-order valence-corrected chi connectivity index (χ0v) is 11.1. The molecule has 0 amide bonds. The van der Waals surface area contributed by atoms with Crippen molar-refractivity contribution in [2.45, 2.75) is 70.1 Å². The number of hydrogen-bond donors (Lipinski definition) is 2. The Kier molecular flexibility index (Phi) is 3.20. The van der Waals surface area contributed by atoms with Crippen molar-refractivity contribution in [2.24, 2.45) is 0 Å². The first-order chi connectivity index (χ1) is 8.68. The quantitative estimate of drug-likeness (QED) is 0.803. The van der Waals surface area contributed by atoms with Gasteiger partial charge in [0, 0.05) is 17.0 Å². The average molecular weight is 249 g/mol. The first kappa shape index (κ1) is 12.2. The van der Waals surface area contributed by atoms with Crippen molar-refractivity contribution in [1.29, 1.82) is 0 Å². The molecule has 1 heterocycles. The number of aliphatic hydroxyl groups excluding tert-OH is 2. The minimum absolute atomic E-state index is 0.215. The fourth-order valence-electron chi connectivity index (χ4n) is 3.76. The molecule has 1 fully saturated rings. The SMILES string of the molecule is Cc1cc2c(n1C1CCCCC1O)CCCC2O. The molecule has 0 saturated heterocycles. The molecule has 3 atom stereocenters. The van der Waals surface area contributed by atoms with E-state index in [-0.39, 0.29) is 18.2 Å². The van der Waals surface area contributed by atoms with E-state index in [1.54, 1.807) is 0 Å². The third-order valence-electron chi connectivity index (χ3n) is 4.64. The minimum atomic E-state index is -0.297. The van der Waals surface area contributed by atoms with Crippen LogP contribution in [0.1, 0.15) is 67.6 Å². The zero-order valence-electron chi connectivity index (χ0n) is 11.1. The Hall–Kier alpha value is -0.800. The molecule has 2 N–H and O–H groups in total. The molecule has 1 aromatic heterocycles. The van der Waals surface area contributed by atoms with E-state index in [1.165, 1.54) is 17.8 Å². The fourth-order valence-corrected chi connectivity index (χ4v) is 3.76. The van der Waals surface area contributed by atoms with Gasteiger partial charge >= 0.3 is 0 Å². The van der Waals surface area contributed by atoms with Crippen molar-refractivity contribution in [3.8, 4) is 0 Å². The predicted molar refractivity (Wildman–Crippen MR) is 70.6 cm³/mol. The van der Waals surface area contributed by atoms with Crippen LogP contribution in [0.3, 0.4) is 0 Å². The normalized spacial score (nSPS) is 32.3. The lowest BCUT2D eigenvalue weighted by atomic mass is 9.90. The van der Waals surface area contributed by atoms with Crippen LogP contribution < -0.4 is 0 Å². The van der Waals surface area contributed by atoms with Crippen LogP contribution in [-0.4, -0.2) is 20.9 Å². The van der Waals surface area contributed by atoms with Crippen molar-refractivity contribution >= 4 is 0 Å². The number of hydrogen-bond acceptors (Lipinski definition) is 2. The van der Waals surface area contributed by atoms with Crippen LogP contribution in [-0.2, 0) is 6.42 Å². The number of aryl methyl sites for hydroxylation is 1. The summed E-state index contributed by atoms with van der Waals surface area (Å²) in [5, 5.41) is 20.3. The Labute approximate surface area is 108 Å². The standard InChI is InChI=1S/C15H23NO2/c1-10-9-11-12(6-4-8-14(11)17)16(10)13-5-2-3-7-15(13)18/h9,13-15,17-18H,2-8H2,1H3. The number of rotatable bonds is 1. The van der Waals surface area contributed by atoms with Crippen molar-refractivity contribution in [3.63, 3.8) is 0 Å². The second kappa shape index (κ2) is 4.71. The highest BCUT2D eigenvalue weighted by molar-refractivity contribution is 5.32. The van der Waals surface area contributed by atoms with E-state index in [9.17, 15) is 10.2 Å². The van der Waals surface area contributed by atoms with Gasteiger partial charge < -0.3 is 14.8 Å². The van der Waals surface area contributed by atoms with Crippen molar-refractivity contribution in [2.75, 3.05) is 0 Å². The minimum Gasteiger partial charge on any atom is -0.391 e. The van der Waals surface area contributed by atoms with Crippen molar-refractivity contribution < 1.29 is 10.2 Å². The summed E-state index contributed by atoms with van der Waals surface area (Å²) in [6.07, 6.45) is 6.80. The first-order valence-electron chi connectivity index (χ1n) is 7.25. The second-order valence-corrected chi connectivity index (χ2v) is 5.88. The second-order valence-electron chi connectivity index (χ2n) is 5.88. The van der Waals surface area contributed by atoms with Crippen molar-refractivity contribution in [3.05, 3.63) is 23.0 Å². The van der Waals surface area contributed by atoms with Gasteiger partial charge in [-0.3, -0.25) is 0 Å². The van der Waals surface area contributed by atoms with Gasteiger partial charge in [-0.05, 0) is 45.1 Å². The van der Waals surface area contributed by atoms with Gasteiger partial charge in [0.05, 0.1) is 18.2 Å². The molecule has 3 nitrogen and oxygen atoms in total. The number of aliphatic hydroxyl groups is 2. The Morgan fingerprint density at radius 3 is 2.67 bits per heavy atom. The molecule has 2 aliphatic carbocycles. The predicted octanol–water partition coefficient (Wildman–Crippen LogP) is 2.64. The van der Waals surface area contributed by atoms with Gasteiger partial charge in [0.1, 0.15) is 0 Å². The van der Waals surface area contributed by atoms with Gasteiger partial charge in [-0.1, -0.05) is 12.8 Å². The molecule has 0 spiro atoms. The third-order valence-corrected chi connectivity index (χ3v) is 4.64. The molecule has 1 aromatic rings. The Balaban J connectivity index is 2.01. The molecule has 100 valence electrons. The number of aromatic nitrogens is 1. The first-order valence-corrected chi connectivity index (χ1v) is 7.25. The summed E-state index contributed by atoms with van der Waals surface area (Å²) in [7, 11) is 0. The monoisotopic (exact) mass is 249 g/mol. The van der Waals surface area contributed by atoms with Crippen LogP contribution in [0.25, 0.3) is 0 Å². The van der Waals surface area contributed by atoms with Crippen LogP contribution in [0, 0.1) is 6.92 Å². The lowest BCUT2D eigenvalue weighted by Crippen LogP contribution is -2.30. The van der Waals surface area contributed by atoms with Crippen molar-refractivity contribution in [1.82, 2.24) is 4.57 Å². The van der Waals surface area contributed by atoms with Gasteiger partial charge in [0.15, 0.2) is 0 Å². The largest absolute Gasteiger partial charge is 0.391 e. The van der Waals surface area contributed by atoms with Crippen LogP contribution in [0.4, 0.5) is 0 Å². The molecule has 0 aromatic carbocycles. The van der Waals surface area contributed by atoms with Gasteiger partial charge in [-0.15, -0.1) is 0 Å². The molecule has 3 rings (SSSR count). The summed E-state index contributed by atoms with van der Waals surface area (Å²) in [4.78, 5) is 0. The Morgan fingerprint density at radius 1 is 1.11 bits per heavy atom. The van der Waals surface area contributed by atoms with Crippen LogP contribution in [0.5, 0.6) is 0 Å². The van der Waals surface area contributed by atoms with E-state index < -0.39 is 0 Å². The molecule has 0 aliphatic heterocycles. The van der Waals surface area contributed by atoms with Crippen LogP contribution in [0.2, 0.25) is 0 Å². The van der Waals surface area contributed by atoms with Crippen LogP contribution >= 0.6 is 0 Å². The molecule has 0 radical (unpaired) electrons. The lowest BCUT2D eigenvalue weighted by molar-refractivity contribution is 0.0722. The van der Waals surface area contributed by atoms with Gasteiger partial charge in [0.2, 0.25) is 0 Å². The molecule has 3 unspecified atom stereocenters. The summed E-state index contributed by atoms with van der Waals surface area (Å²) < 4.78 is 2.32. The summed E-state index contributed by atoms with van der Waals surface area (Å²) >= 11 is 0. The third kappa shape index (κ3) is 1.90. The molecule has 18 heavy (non-hydrogen) atoms. The molecule has 1 saturated carbocycles. The van der Waals surface area contributed by atoms with E-state index in [0.29, 0.717) is 0 Å². The van der Waals surface area contributed by atoms with E-state index in [2.05, 4.69) is 17.6 Å². The van der Waals surface area contributed by atoms with Gasteiger partial charge in [-0.25, -0.2) is 0 Å². The smallest absolute Gasteiger partial charge is 0.0807 e. The topological polar surface area (TPSA) is 45.4 Å². The van der Waals surface area contributed by atoms with E-state index in [1.807, 2.05) is 0 Å². The highest BCUT2D eigenvalue weighted by Gasteiger charge is 2.30. The van der Waals surface area contributed by atoms with Crippen LogP contribution in [0.15, 0.2) is 6.07 Å². The average Bonchev–Trinajstić information content (AvgIpc) is 2.68. The molecule has 2 aliphatic rings. The highest BCUT2D eigenvalue weighted by atomic mass is 16.3. The Bertz CT molecular complexity index is 438. The zero-order chi connectivity index (χ0) is 12.7. The highest BCUT2D eigenvalue weighted by Crippen LogP contribution is 2.38. The van der Waals surface area contributed by atoms with Gasteiger partial charge in [-0.2, -0.15) is 0 Å². The fraction of sp³-hybridized carbons (Fsp3) is 0.733.